The van der Waals surface area contributed by atoms with E-state index in [1.54, 1.807) is 19.1 Å². The Morgan fingerprint density at radius 2 is 1.77 bits per heavy atom. The number of anilines is 1. The topological polar surface area (TPSA) is 101 Å². The number of nitrogens with one attached hydrogen (secondary N) is 2. The van der Waals surface area contributed by atoms with Crippen LogP contribution >= 0.6 is 0 Å². The van der Waals surface area contributed by atoms with E-state index in [1.165, 1.54) is 12.1 Å². The molecule has 0 aromatic heterocycles. The monoisotopic (exact) mass is 327 g/mol. The molecular formula is C15H25N3O3S. The third kappa shape index (κ3) is 5.08. The summed E-state index contributed by atoms with van der Waals surface area (Å²) in [5.74, 6) is -0.283. The van der Waals surface area contributed by atoms with E-state index >= 15 is 0 Å². The van der Waals surface area contributed by atoms with Gasteiger partial charge in [-0.1, -0.05) is 20.3 Å². The Hall–Kier alpha value is -1.44. The molecule has 1 rings (SSSR count). The SMILES string of the molecule is CCCNS(=O)(=O)c1ccc(NC(=O)C(C)(N)CCC)cc1. The molecule has 0 aliphatic rings. The molecule has 1 aromatic carbocycles. The summed E-state index contributed by atoms with van der Waals surface area (Å²) in [4.78, 5) is 12.3. The molecule has 6 nitrogen and oxygen atoms in total. The van der Waals surface area contributed by atoms with Gasteiger partial charge in [-0.25, -0.2) is 13.1 Å². The Bertz CT molecular complexity index is 595. The number of amides is 1. The molecule has 0 radical (unpaired) electrons. The number of hydrogen-bond donors (Lipinski definition) is 3. The lowest BCUT2D eigenvalue weighted by atomic mass is 9.96. The lowest BCUT2D eigenvalue weighted by Crippen LogP contribution is -2.48. The summed E-state index contributed by atoms with van der Waals surface area (Å²) >= 11 is 0. The summed E-state index contributed by atoms with van der Waals surface area (Å²) in [5.41, 5.74) is 5.53. The van der Waals surface area contributed by atoms with Crippen LogP contribution in [-0.2, 0) is 14.8 Å². The highest BCUT2D eigenvalue weighted by Crippen LogP contribution is 2.17. The molecule has 0 saturated carbocycles. The van der Waals surface area contributed by atoms with Crippen molar-refractivity contribution in [1.82, 2.24) is 4.72 Å². The van der Waals surface area contributed by atoms with Gasteiger partial charge in [-0.3, -0.25) is 4.79 Å². The molecule has 0 heterocycles. The minimum atomic E-state index is -3.49. The predicted molar refractivity (Wildman–Crippen MR) is 88.1 cm³/mol. The molecule has 4 N–H and O–H groups in total. The molecule has 1 atom stereocenters. The highest BCUT2D eigenvalue weighted by Gasteiger charge is 2.27. The number of benzene rings is 1. The summed E-state index contributed by atoms with van der Waals surface area (Å²) in [5, 5.41) is 2.71. The smallest absolute Gasteiger partial charge is 0.244 e. The van der Waals surface area contributed by atoms with Gasteiger partial charge in [-0.05, 0) is 44.0 Å². The molecular weight excluding hydrogens is 302 g/mol. The van der Waals surface area contributed by atoms with Crippen molar-refractivity contribution < 1.29 is 13.2 Å². The first-order chi connectivity index (χ1) is 10.2. The van der Waals surface area contributed by atoms with Crippen LogP contribution < -0.4 is 15.8 Å². The van der Waals surface area contributed by atoms with Crippen molar-refractivity contribution in [2.24, 2.45) is 5.73 Å². The van der Waals surface area contributed by atoms with Crippen molar-refractivity contribution in [3.8, 4) is 0 Å². The van der Waals surface area contributed by atoms with Crippen molar-refractivity contribution in [3.05, 3.63) is 24.3 Å². The molecule has 1 amide bonds. The molecule has 0 saturated heterocycles. The maximum atomic E-state index is 12.1. The van der Waals surface area contributed by atoms with Crippen molar-refractivity contribution in [1.29, 1.82) is 0 Å². The first-order valence-electron chi connectivity index (χ1n) is 7.43. The van der Waals surface area contributed by atoms with Crippen molar-refractivity contribution >= 4 is 21.6 Å². The molecule has 1 aromatic rings. The standard InChI is InChI=1S/C15H25N3O3S/c1-4-10-15(3,16)14(19)18-12-6-8-13(9-7-12)22(20,21)17-11-5-2/h6-9,17H,4-5,10-11,16H2,1-3H3,(H,18,19). The van der Waals surface area contributed by atoms with Crippen molar-refractivity contribution in [3.63, 3.8) is 0 Å². The molecule has 0 bridgehead atoms. The molecule has 7 heteroatoms. The minimum Gasteiger partial charge on any atom is -0.325 e. The van der Waals surface area contributed by atoms with E-state index < -0.39 is 15.6 Å². The fourth-order valence-corrected chi connectivity index (χ4v) is 3.08. The summed E-state index contributed by atoms with van der Waals surface area (Å²) in [6.45, 7) is 5.92. The normalized spacial score (nSPS) is 14.4. The van der Waals surface area contributed by atoms with Crippen LogP contribution in [-0.4, -0.2) is 26.4 Å². The highest BCUT2D eigenvalue weighted by atomic mass is 32.2. The van der Waals surface area contributed by atoms with Crippen LogP contribution in [0, 0.1) is 0 Å². The number of carbonyl (C=O) groups is 1. The average Bonchev–Trinajstić information content (AvgIpc) is 2.45. The van der Waals surface area contributed by atoms with Gasteiger partial charge >= 0.3 is 0 Å². The maximum absolute atomic E-state index is 12.1. The van der Waals surface area contributed by atoms with Crippen molar-refractivity contribution in [2.75, 3.05) is 11.9 Å². The van der Waals surface area contributed by atoms with Crippen LogP contribution in [0.15, 0.2) is 29.2 Å². The van der Waals surface area contributed by atoms with E-state index in [9.17, 15) is 13.2 Å². The van der Waals surface area contributed by atoms with Crippen LogP contribution in [0.2, 0.25) is 0 Å². The Labute approximate surface area is 132 Å². The molecule has 124 valence electrons. The quantitative estimate of drug-likeness (QED) is 0.678. The van der Waals surface area contributed by atoms with Gasteiger partial charge in [0.05, 0.1) is 10.4 Å². The zero-order chi connectivity index (χ0) is 16.8. The number of sulfonamides is 1. The maximum Gasteiger partial charge on any atom is 0.244 e. The molecule has 0 aliphatic heterocycles. The lowest BCUT2D eigenvalue weighted by molar-refractivity contribution is -0.120. The second kappa shape index (κ2) is 7.71. The van der Waals surface area contributed by atoms with Gasteiger partial charge in [-0.15, -0.1) is 0 Å². The zero-order valence-corrected chi connectivity index (χ0v) is 14.2. The number of nitrogens with two attached hydrogens (primary N) is 1. The van der Waals surface area contributed by atoms with Gasteiger partial charge in [-0.2, -0.15) is 0 Å². The van der Waals surface area contributed by atoms with Crippen LogP contribution in [0.4, 0.5) is 5.69 Å². The van der Waals surface area contributed by atoms with E-state index in [0.717, 1.165) is 12.8 Å². The lowest BCUT2D eigenvalue weighted by Gasteiger charge is -2.22. The summed E-state index contributed by atoms with van der Waals surface area (Å²) in [7, 11) is -3.49. The molecule has 0 fully saturated rings. The van der Waals surface area contributed by atoms with Crippen LogP contribution in [0.5, 0.6) is 0 Å². The first kappa shape index (κ1) is 18.6. The number of hydrogen-bond acceptors (Lipinski definition) is 4. The van der Waals surface area contributed by atoms with Gasteiger partial charge < -0.3 is 11.1 Å². The Morgan fingerprint density at radius 1 is 1.18 bits per heavy atom. The minimum absolute atomic E-state index is 0.169. The largest absolute Gasteiger partial charge is 0.325 e. The second-order valence-electron chi connectivity index (χ2n) is 5.54. The summed E-state index contributed by atoms with van der Waals surface area (Å²) < 4.78 is 26.4. The van der Waals surface area contributed by atoms with E-state index in [0.29, 0.717) is 18.7 Å². The Kier molecular flexibility index (Phi) is 6.52. The fraction of sp³-hybridized carbons (Fsp3) is 0.533. The average molecular weight is 327 g/mol. The second-order valence-corrected chi connectivity index (χ2v) is 7.31. The number of carbonyl (C=O) groups excluding carboxylic acids is 1. The van der Waals surface area contributed by atoms with E-state index in [-0.39, 0.29) is 10.8 Å². The van der Waals surface area contributed by atoms with Gasteiger partial charge in [0, 0.05) is 12.2 Å². The van der Waals surface area contributed by atoms with Crippen LogP contribution in [0.25, 0.3) is 0 Å². The van der Waals surface area contributed by atoms with Crippen molar-refractivity contribution in [2.45, 2.75) is 50.5 Å². The Morgan fingerprint density at radius 3 is 2.27 bits per heavy atom. The van der Waals surface area contributed by atoms with Crippen LogP contribution in [0.1, 0.15) is 40.0 Å². The third-order valence-electron chi connectivity index (χ3n) is 3.25. The van der Waals surface area contributed by atoms with Gasteiger partial charge in [0.25, 0.3) is 0 Å². The number of rotatable bonds is 8. The Balaban J connectivity index is 2.80. The highest BCUT2D eigenvalue weighted by molar-refractivity contribution is 7.89. The first-order valence-corrected chi connectivity index (χ1v) is 8.91. The summed E-state index contributed by atoms with van der Waals surface area (Å²) in [6, 6.07) is 6.03. The predicted octanol–water partition coefficient (Wildman–Crippen LogP) is 1.83. The van der Waals surface area contributed by atoms with E-state index in [4.69, 9.17) is 5.73 Å². The van der Waals surface area contributed by atoms with E-state index in [2.05, 4.69) is 10.0 Å². The molecule has 22 heavy (non-hydrogen) atoms. The van der Waals surface area contributed by atoms with Gasteiger partial charge in [0.15, 0.2) is 0 Å². The third-order valence-corrected chi connectivity index (χ3v) is 4.73. The summed E-state index contributed by atoms with van der Waals surface area (Å²) in [6.07, 6.45) is 2.10. The fourth-order valence-electron chi connectivity index (χ4n) is 1.94. The van der Waals surface area contributed by atoms with E-state index in [1.807, 2.05) is 13.8 Å². The van der Waals surface area contributed by atoms with Gasteiger partial charge in [0.1, 0.15) is 0 Å². The molecule has 1 unspecified atom stereocenters. The van der Waals surface area contributed by atoms with Crippen LogP contribution in [0.3, 0.4) is 0 Å². The zero-order valence-electron chi connectivity index (χ0n) is 13.3. The molecule has 0 aliphatic carbocycles. The van der Waals surface area contributed by atoms with Gasteiger partial charge in [0.2, 0.25) is 15.9 Å². The molecule has 0 spiro atoms.